The van der Waals surface area contributed by atoms with E-state index in [2.05, 4.69) is 21.8 Å². The molecule has 0 atom stereocenters. The van der Waals surface area contributed by atoms with E-state index in [9.17, 15) is 13.2 Å². The Morgan fingerprint density at radius 3 is 2.23 bits per heavy atom. The molecule has 0 radical (unpaired) electrons. The lowest BCUT2D eigenvalue weighted by Gasteiger charge is -2.22. The van der Waals surface area contributed by atoms with Gasteiger partial charge in [0.1, 0.15) is 0 Å². The van der Waals surface area contributed by atoms with Crippen LogP contribution in [-0.2, 0) is 16.6 Å². The van der Waals surface area contributed by atoms with Crippen molar-refractivity contribution < 1.29 is 13.2 Å². The lowest BCUT2D eigenvalue weighted by atomic mass is 10.1. The van der Waals surface area contributed by atoms with Gasteiger partial charge in [-0.15, -0.1) is 0 Å². The number of nitrogens with zero attached hydrogens (tertiary/aromatic N) is 2. The number of sulfonamides is 1. The molecular weight excluding hydrogens is 398 g/mol. The molecule has 2 aromatic rings. The second-order valence-electron chi connectivity index (χ2n) is 8.79. The van der Waals surface area contributed by atoms with E-state index in [1.54, 1.807) is 32.9 Å². The second kappa shape index (κ2) is 9.29. The van der Waals surface area contributed by atoms with Crippen molar-refractivity contribution in [1.82, 2.24) is 14.5 Å². The van der Waals surface area contributed by atoms with Gasteiger partial charge in [0, 0.05) is 43.8 Å². The van der Waals surface area contributed by atoms with Gasteiger partial charge in [-0.05, 0) is 57.0 Å². The molecule has 0 aliphatic carbocycles. The van der Waals surface area contributed by atoms with Gasteiger partial charge in [0.05, 0.1) is 4.90 Å². The van der Waals surface area contributed by atoms with Gasteiger partial charge in [-0.1, -0.05) is 30.3 Å². The summed E-state index contributed by atoms with van der Waals surface area (Å²) in [6.07, 6.45) is 0.917. The van der Waals surface area contributed by atoms with E-state index >= 15 is 0 Å². The summed E-state index contributed by atoms with van der Waals surface area (Å²) in [5.41, 5.74) is 1.23. The normalized spacial score (nSPS) is 16.3. The summed E-state index contributed by atoms with van der Waals surface area (Å²) in [5, 5.41) is 0. The molecule has 1 aliphatic rings. The predicted octanol–water partition coefficient (Wildman–Crippen LogP) is 3.11. The van der Waals surface area contributed by atoms with Gasteiger partial charge < -0.3 is 4.90 Å². The fourth-order valence-corrected chi connectivity index (χ4v) is 5.01. The van der Waals surface area contributed by atoms with Crippen LogP contribution in [0.25, 0.3) is 0 Å². The van der Waals surface area contributed by atoms with Gasteiger partial charge in [-0.3, -0.25) is 9.69 Å². The molecule has 1 amide bonds. The minimum Gasteiger partial charge on any atom is -0.337 e. The molecule has 30 heavy (non-hydrogen) atoms. The largest absolute Gasteiger partial charge is 0.337 e. The molecule has 2 aromatic carbocycles. The zero-order chi connectivity index (χ0) is 21.8. The maximum absolute atomic E-state index is 12.9. The molecule has 1 fully saturated rings. The van der Waals surface area contributed by atoms with Crippen molar-refractivity contribution in [2.45, 2.75) is 44.2 Å². The first kappa shape index (κ1) is 22.5. The molecule has 0 aromatic heterocycles. The molecule has 1 saturated heterocycles. The van der Waals surface area contributed by atoms with Crippen LogP contribution in [0.1, 0.15) is 43.1 Å². The molecule has 0 spiro atoms. The summed E-state index contributed by atoms with van der Waals surface area (Å²) in [5.74, 6) is -0.0516. The summed E-state index contributed by atoms with van der Waals surface area (Å²) in [4.78, 5) is 17.3. The predicted molar refractivity (Wildman–Crippen MR) is 119 cm³/mol. The third kappa shape index (κ3) is 6.14. The van der Waals surface area contributed by atoms with Gasteiger partial charge in [-0.25, -0.2) is 13.1 Å². The molecule has 7 heteroatoms. The van der Waals surface area contributed by atoms with E-state index < -0.39 is 15.6 Å². The topological polar surface area (TPSA) is 69.7 Å². The fraction of sp³-hybridized carbons (Fsp3) is 0.435. The van der Waals surface area contributed by atoms with Crippen LogP contribution in [0, 0.1) is 0 Å². The minimum atomic E-state index is -3.61. The Balaban J connectivity index is 1.62. The minimum absolute atomic E-state index is 0.0516. The van der Waals surface area contributed by atoms with E-state index in [1.165, 1.54) is 17.7 Å². The highest BCUT2D eigenvalue weighted by Gasteiger charge is 2.24. The Morgan fingerprint density at radius 1 is 0.933 bits per heavy atom. The molecule has 0 saturated carbocycles. The number of hydrogen-bond donors (Lipinski definition) is 1. The van der Waals surface area contributed by atoms with Gasteiger partial charge in [-0.2, -0.15) is 0 Å². The molecular formula is C23H31N3O3S. The number of carbonyl (C=O) groups is 1. The highest BCUT2D eigenvalue weighted by Crippen LogP contribution is 2.16. The molecule has 162 valence electrons. The van der Waals surface area contributed by atoms with Gasteiger partial charge in [0.25, 0.3) is 5.91 Å². The SMILES string of the molecule is CC(C)(C)NS(=O)(=O)c1ccc(C(=O)N2CCCN(Cc3ccccc3)CC2)cc1. The van der Waals surface area contributed by atoms with Crippen molar-refractivity contribution in [3.05, 3.63) is 65.7 Å². The molecule has 6 nitrogen and oxygen atoms in total. The Hall–Kier alpha value is -2.22. The average molecular weight is 430 g/mol. The Kier molecular flexibility index (Phi) is 6.95. The van der Waals surface area contributed by atoms with Crippen LogP contribution in [0.4, 0.5) is 0 Å². The van der Waals surface area contributed by atoms with Crippen molar-refractivity contribution >= 4 is 15.9 Å². The first-order valence-corrected chi connectivity index (χ1v) is 11.8. The first-order valence-electron chi connectivity index (χ1n) is 10.3. The fourth-order valence-electron chi connectivity index (χ4n) is 3.59. The van der Waals surface area contributed by atoms with Crippen molar-refractivity contribution in [1.29, 1.82) is 0 Å². The molecule has 0 bridgehead atoms. The highest BCUT2D eigenvalue weighted by atomic mass is 32.2. The molecule has 1 N–H and O–H groups in total. The third-order valence-corrected chi connectivity index (χ3v) is 6.75. The van der Waals surface area contributed by atoms with Crippen LogP contribution in [0.15, 0.2) is 59.5 Å². The molecule has 3 rings (SSSR count). The quantitative estimate of drug-likeness (QED) is 0.793. The number of nitrogens with one attached hydrogen (secondary N) is 1. The van der Waals surface area contributed by atoms with Crippen molar-refractivity contribution in [3.8, 4) is 0 Å². The van der Waals surface area contributed by atoms with E-state index in [4.69, 9.17) is 0 Å². The maximum Gasteiger partial charge on any atom is 0.253 e. The summed E-state index contributed by atoms with van der Waals surface area (Å²) < 4.78 is 27.5. The summed E-state index contributed by atoms with van der Waals surface area (Å²) in [7, 11) is -3.61. The van der Waals surface area contributed by atoms with Gasteiger partial charge in [0.15, 0.2) is 0 Å². The van der Waals surface area contributed by atoms with E-state index in [0.29, 0.717) is 18.7 Å². The lowest BCUT2D eigenvalue weighted by Crippen LogP contribution is -2.40. The van der Waals surface area contributed by atoms with Crippen LogP contribution in [0.2, 0.25) is 0 Å². The Bertz CT molecular complexity index is 951. The van der Waals surface area contributed by atoms with Crippen LogP contribution in [0.3, 0.4) is 0 Å². The number of amides is 1. The van der Waals surface area contributed by atoms with Crippen LogP contribution < -0.4 is 4.72 Å². The van der Waals surface area contributed by atoms with Gasteiger partial charge >= 0.3 is 0 Å². The zero-order valence-electron chi connectivity index (χ0n) is 18.0. The van der Waals surface area contributed by atoms with Gasteiger partial charge in [0.2, 0.25) is 10.0 Å². The molecule has 0 unspecified atom stereocenters. The average Bonchev–Trinajstić information content (AvgIpc) is 2.92. The second-order valence-corrected chi connectivity index (χ2v) is 10.5. The first-order chi connectivity index (χ1) is 14.1. The summed E-state index contributed by atoms with van der Waals surface area (Å²) >= 11 is 0. The molecule has 1 heterocycles. The number of rotatable bonds is 5. The zero-order valence-corrected chi connectivity index (χ0v) is 18.8. The summed E-state index contributed by atoms with van der Waals surface area (Å²) in [6, 6.07) is 16.6. The van der Waals surface area contributed by atoms with Crippen LogP contribution >= 0.6 is 0 Å². The number of benzene rings is 2. The van der Waals surface area contributed by atoms with Crippen molar-refractivity contribution in [3.63, 3.8) is 0 Å². The maximum atomic E-state index is 12.9. The third-order valence-electron chi connectivity index (χ3n) is 4.98. The Labute approximate surface area is 179 Å². The van der Waals surface area contributed by atoms with E-state index in [0.717, 1.165) is 26.1 Å². The highest BCUT2D eigenvalue weighted by molar-refractivity contribution is 7.89. The lowest BCUT2D eigenvalue weighted by molar-refractivity contribution is 0.0761. The van der Waals surface area contributed by atoms with E-state index in [1.807, 2.05) is 23.1 Å². The van der Waals surface area contributed by atoms with E-state index in [-0.39, 0.29) is 10.8 Å². The molecule has 1 aliphatic heterocycles. The monoisotopic (exact) mass is 429 g/mol. The van der Waals surface area contributed by atoms with Crippen LogP contribution in [-0.4, -0.2) is 55.8 Å². The van der Waals surface area contributed by atoms with Crippen LogP contribution in [0.5, 0.6) is 0 Å². The van der Waals surface area contributed by atoms with Crippen molar-refractivity contribution in [2.24, 2.45) is 0 Å². The Morgan fingerprint density at radius 2 is 1.60 bits per heavy atom. The smallest absolute Gasteiger partial charge is 0.253 e. The number of carbonyl (C=O) groups excluding carboxylic acids is 1. The van der Waals surface area contributed by atoms with Crippen molar-refractivity contribution in [2.75, 3.05) is 26.2 Å². The number of hydrogen-bond acceptors (Lipinski definition) is 4. The standard InChI is InChI=1S/C23H31N3O3S/c1-23(2,3)24-30(28,29)21-12-10-20(11-13-21)22(27)26-15-7-14-25(16-17-26)18-19-8-5-4-6-9-19/h4-6,8-13,24H,7,14-18H2,1-3H3. The summed E-state index contributed by atoms with van der Waals surface area (Å²) in [6.45, 7) is 9.41.